The molecule has 1 fully saturated rings. The molecular weight excluding hydrogens is 613 g/mol. The molecule has 1 aliphatic rings. The molecule has 3 aromatic rings. The van der Waals surface area contributed by atoms with Crippen molar-refractivity contribution in [3.05, 3.63) is 107 Å². The highest BCUT2D eigenvalue weighted by molar-refractivity contribution is 5.81. The first-order valence-electron chi connectivity index (χ1n) is 16.8. The minimum absolute atomic E-state index is 0.0396. The van der Waals surface area contributed by atoms with Gasteiger partial charge in [-0.3, -0.25) is 0 Å². The average molecular weight is 664 g/mol. The molecule has 0 aliphatic heterocycles. The van der Waals surface area contributed by atoms with E-state index in [-0.39, 0.29) is 43.8 Å². The Morgan fingerprint density at radius 2 is 1.48 bits per heavy atom. The molecule has 8 nitrogen and oxygen atoms in total. The second-order valence-electron chi connectivity index (χ2n) is 13.5. The van der Waals surface area contributed by atoms with Gasteiger partial charge in [-0.2, -0.15) is 0 Å². The number of rotatable bonds is 19. The second kappa shape index (κ2) is 18.7. The van der Waals surface area contributed by atoms with Gasteiger partial charge in [-0.15, -0.1) is 0 Å². The van der Waals surface area contributed by atoms with Crippen LogP contribution in [0.4, 0.5) is 9.18 Å². The van der Waals surface area contributed by atoms with E-state index in [9.17, 15) is 14.0 Å². The summed E-state index contributed by atoms with van der Waals surface area (Å²) < 4.78 is 43.7. The fourth-order valence-electron chi connectivity index (χ4n) is 5.27. The third kappa shape index (κ3) is 13.7. The SMILES string of the molecule is C[C@@H](OCc1ccccc1)[C@H](OCC1CC1)[C@H](CCOC[C@H](NC(=O)OC(C)(C)C)C(=O)OCc1ccccc1)Cc1ccc(F)cc1. The fraction of sp³-hybridized carbons (Fsp3) is 0.487. The summed E-state index contributed by atoms with van der Waals surface area (Å²) >= 11 is 0. The summed E-state index contributed by atoms with van der Waals surface area (Å²) in [5.41, 5.74) is 2.13. The van der Waals surface area contributed by atoms with Crippen LogP contribution in [0.3, 0.4) is 0 Å². The molecule has 1 amide bonds. The molecule has 4 atom stereocenters. The van der Waals surface area contributed by atoms with E-state index in [1.807, 2.05) is 67.6 Å². The maximum absolute atomic E-state index is 13.8. The Bertz CT molecular complexity index is 1380. The van der Waals surface area contributed by atoms with Gasteiger partial charge in [0.25, 0.3) is 0 Å². The van der Waals surface area contributed by atoms with Crippen LogP contribution < -0.4 is 5.32 Å². The molecule has 0 spiro atoms. The summed E-state index contributed by atoms with van der Waals surface area (Å²) in [4.78, 5) is 25.7. The molecule has 0 aromatic heterocycles. The predicted molar refractivity (Wildman–Crippen MR) is 182 cm³/mol. The van der Waals surface area contributed by atoms with Crippen LogP contribution in [0.15, 0.2) is 84.9 Å². The van der Waals surface area contributed by atoms with E-state index in [1.54, 1.807) is 32.9 Å². The van der Waals surface area contributed by atoms with Gasteiger partial charge in [-0.05, 0) is 94.0 Å². The summed E-state index contributed by atoms with van der Waals surface area (Å²) in [7, 11) is 0. The Morgan fingerprint density at radius 3 is 2.08 bits per heavy atom. The summed E-state index contributed by atoms with van der Waals surface area (Å²) in [5, 5.41) is 2.61. The molecule has 1 N–H and O–H groups in total. The number of carbonyl (C=O) groups excluding carboxylic acids is 2. The number of hydrogen-bond acceptors (Lipinski definition) is 7. The molecule has 0 saturated heterocycles. The van der Waals surface area contributed by atoms with Crippen molar-refractivity contribution in [1.82, 2.24) is 5.32 Å². The fourth-order valence-corrected chi connectivity index (χ4v) is 5.27. The van der Waals surface area contributed by atoms with Crippen LogP contribution in [0.25, 0.3) is 0 Å². The lowest BCUT2D eigenvalue weighted by atomic mass is 9.88. The number of alkyl carbamates (subject to hydrolysis) is 1. The Morgan fingerprint density at radius 1 is 0.854 bits per heavy atom. The molecule has 9 heteroatoms. The number of carbonyl (C=O) groups is 2. The Labute approximate surface area is 284 Å². The molecule has 0 heterocycles. The van der Waals surface area contributed by atoms with Gasteiger partial charge in [0.2, 0.25) is 0 Å². The first kappa shape index (κ1) is 37.0. The van der Waals surface area contributed by atoms with E-state index >= 15 is 0 Å². The maximum atomic E-state index is 13.8. The number of ether oxygens (including phenoxy) is 5. The van der Waals surface area contributed by atoms with Crippen LogP contribution in [0.1, 0.15) is 63.6 Å². The third-order valence-electron chi connectivity index (χ3n) is 8.03. The van der Waals surface area contributed by atoms with E-state index in [1.165, 1.54) is 12.1 Å². The first-order chi connectivity index (χ1) is 23.1. The second-order valence-corrected chi connectivity index (χ2v) is 13.5. The number of esters is 1. The van der Waals surface area contributed by atoms with Crippen molar-refractivity contribution in [3.8, 4) is 0 Å². The minimum Gasteiger partial charge on any atom is -0.459 e. The normalized spacial score (nSPS) is 15.6. The first-order valence-corrected chi connectivity index (χ1v) is 16.8. The van der Waals surface area contributed by atoms with Gasteiger partial charge in [-0.25, -0.2) is 14.0 Å². The van der Waals surface area contributed by atoms with Crippen LogP contribution in [0.5, 0.6) is 0 Å². The van der Waals surface area contributed by atoms with Gasteiger partial charge in [0.15, 0.2) is 6.04 Å². The van der Waals surface area contributed by atoms with E-state index in [0.717, 1.165) is 29.5 Å². The summed E-state index contributed by atoms with van der Waals surface area (Å²) in [5.74, 6) is -0.399. The van der Waals surface area contributed by atoms with Crippen LogP contribution in [-0.2, 0) is 48.1 Å². The molecule has 1 saturated carbocycles. The molecule has 260 valence electrons. The van der Waals surface area contributed by atoms with E-state index in [2.05, 4.69) is 5.32 Å². The topological polar surface area (TPSA) is 92.3 Å². The Balaban J connectivity index is 1.43. The Hall–Kier alpha value is -3.79. The van der Waals surface area contributed by atoms with E-state index in [4.69, 9.17) is 23.7 Å². The summed E-state index contributed by atoms with van der Waals surface area (Å²) in [6.07, 6.45) is 2.29. The van der Waals surface area contributed by atoms with Crippen molar-refractivity contribution in [2.45, 2.75) is 90.4 Å². The lowest BCUT2D eigenvalue weighted by molar-refractivity contribution is -0.149. The zero-order valence-electron chi connectivity index (χ0n) is 28.6. The maximum Gasteiger partial charge on any atom is 0.408 e. The third-order valence-corrected chi connectivity index (χ3v) is 8.03. The molecule has 3 aromatic carbocycles. The van der Waals surface area contributed by atoms with E-state index in [0.29, 0.717) is 32.0 Å². The van der Waals surface area contributed by atoms with Gasteiger partial charge in [0.1, 0.15) is 18.0 Å². The highest BCUT2D eigenvalue weighted by atomic mass is 19.1. The quantitative estimate of drug-likeness (QED) is 0.105. The van der Waals surface area contributed by atoms with E-state index < -0.39 is 23.7 Å². The molecular formula is C39H50FNO7. The van der Waals surface area contributed by atoms with Crippen molar-refractivity contribution >= 4 is 12.1 Å². The van der Waals surface area contributed by atoms with Crippen molar-refractivity contribution < 1.29 is 37.7 Å². The van der Waals surface area contributed by atoms with Crippen molar-refractivity contribution in [3.63, 3.8) is 0 Å². The molecule has 4 rings (SSSR count). The molecule has 1 aliphatic carbocycles. The summed E-state index contributed by atoms with van der Waals surface area (Å²) in [6, 6.07) is 24.8. The average Bonchev–Trinajstić information content (AvgIpc) is 3.89. The largest absolute Gasteiger partial charge is 0.459 e. The minimum atomic E-state index is -1.07. The highest BCUT2D eigenvalue weighted by Crippen LogP contribution is 2.32. The predicted octanol–water partition coefficient (Wildman–Crippen LogP) is 7.43. The standard InChI is InChI=1S/C39H50FNO7/c1-28(45-24-30-11-7-5-8-12-30)36(46-25-32-15-16-32)33(23-29-17-19-34(40)20-18-29)21-22-44-27-35(41-38(43)48-39(2,3)4)37(42)47-26-31-13-9-6-10-14-31/h5-14,17-20,28,32-33,35-36H,15-16,21-27H2,1-4H3,(H,41,43)/t28-,33-,35+,36+/m1/s1. The van der Waals surface area contributed by atoms with Gasteiger partial charge >= 0.3 is 12.1 Å². The van der Waals surface area contributed by atoms with Gasteiger partial charge in [0, 0.05) is 13.2 Å². The highest BCUT2D eigenvalue weighted by Gasteiger charge is 2.32. The molecule has 48 heavy (non-hydrogen) atoms. The smallest absolute Gasteiger partial charge is 0.408 e. The van der Waals surface area contributed by atoms with Crippen LogP contribution >= 0.6 is 0 Å². The van der Waals surface area contributed by atoms with Gasteiger partial charge in [-0.1, -0.05) is 72.8 Å². The van der Waals surface area contributed by atoms with Crippen LogP contribution in [0.2, 0.25) is 0 Å². The number of amides is 1. The molecule has 0 bridgehead atoms. The van der Waals surface area contributed by atoms with Crippen molar-refractivity contribution in [2.24, 2.45) is 11.8 Å². The Kier molecular flexibility index (Phi) is 14.4. The lowest BCUT2D eigenvalue weighted by Gasteiger charge is -2.32. The molecule has 0 unspecified atom stereocenters. The lowest BCUT2D eigenvalue weighted by Crippen LogP contribution is -2.47. The zero-order valence-corrected chi connectivity index (χ0v) is 28.6. The van der Waals surface area contributed by atoms with Gasteiger partial charge < -0.3 is 29.0 Å². The van der Waals surface area contributed by atoms with Crippen LogP contribution in [-0.4, -0.2) is 55.7 Å². The van der Waals surface area contributed by atoms with Crippen molar-refractivity contribution in [2.75, 3.05) is 19.8 Å². The van der Waals surface area contributed by atoms with Gasteiger partial charge in [0.05, 0.1) is 25.4 Å². The molecule has 0 radical (unpaired) electrons. The number of benzene rings is 3. The number of halogens is 1. The van der Waals surface area contributed by atoms with Crippen molar-refractivity contribution in [1.29, 1.82) is 0 Å². The zero-order chi connectivity index (χ0) is 34.4. The summed E-state index contributed by atoms with van der Waals surface area (Å²) in [6.45, 7) is 8.62. The van der Waals surface area contributed by atoms with Crippen LogP contribution in [0, 0.1) is 17.7 Å². The number of nitrogens with one attached hydrogen (secondary N) is 1. The number of hydrogen-bond donors (Lipinski definition) is 1. The monoisotopic (exact) mass is 663 g/mol.